The Morgan fingerprint density at radius 1 is 1.37 bits per heavy atom. The summed E-state index contributed by atoms with van der Waals surface area (Å²) in [6, 6.07) is 4.52. The number of nitrogens with one attached hydrogen (secondary N) is 2. The van der Waals surface area contributed by atoms with Gasteiger partial charge in [-0.1, -0.05) is 18.2 Å². The van der Waals surface area contributed by atoms with Gasteiger partial charge in [-0.05, 0) is 58.1 Å². The molecule has 0 radical (unpaired) electrons. The summed E-state index contributed by atoms with van der Waals surface area (Å²) in [7, 11) is 0. The molecule has 0 fully saturated rings. The van der Waals surface area contributed by atoms with Crippen LogP contribution in [0, 0.1) is 0 Å². The van der Waals surface area contributed by atoms with Crippen molar-refractivity contribution in [2.45, 2.75) is 71.1 Å². The van der Waals surface area contributed by atoms with E-state index in [2.05, 4.69) is 10.6 Å². The topological polar surface area (TPSA) is 111 Å². The van der Waals surface area contributed by atoms with Crippen LogP contribution in [0.1, 0.15) is 51.7 Å². The normalized spacial score (nSPS) is 18.0. The molecule has 0 aromatic heterocycles. The van der Waals surface area contributed by atoms with Crippen molar-refractivity contribution in [1.82, 2.24) is 5.32 Å². The van der Waals surface area contributed by atoms with Gasteiger partial charge in [-0.3, -0.25) is 9.59 Å². The maximum absolute atomic E-state index is 12.2. The fourth-order valence-corrected chi connectivity index (χ4v) is 2.90. The minimum Gasteiger partial charge on any atom is -0.458 e. The Bertz CT molecular complexity index is 724. The molecular weight excluding hydrogens is 346 g/mol. The van der Waals surface area contributed by atoms with Crippen molar-refractivity contribution in [2.24, 2.45) is 5.73 Å². The van der Waals surface area contributed by atoms with Crippen LogP contribution in [0.3, 0.4) is 0 Å². The minimum absolute atomic E-state index is 0.200. The zero-order valence-electron chi connectivity index (χ0n) is 16.4. The molecule has 7 heteroatoms. The highest BCUT2D eigenvalue weighted by Gasteiger charge is 2.24. The first-order valence-corrected chi connectivity index (χ1v) is 9.26. The first-order chi connectivity index (χ1) is 12.6. The third-order valence-electron chi connectivity index (χ3n) is 4.31. The van der Waals surface area contributed by atoms with Gasteiger partial charge in [-0.25, -0.2) is 4.79 Å². The average Bonchev–Trinajstić information content (AvgIpc) is 2.71. The Morgan fingerprint density at radius 3 is 2.74 bits per heavy atom. The second-order valence-electron chi connectivity index (χ2n) is 7.91. The van der Waals surface area contributed by atoms with Crippen LogP contribution in [-0.2, 0) is 32.0 Å². The summed E-state index contributed by atoms with van der Waals surface area (Å²) in [6.45, 7) is 6.93. The van der Waals surface area contributed by atoms with Crippen molar-refractivity contribution in [3.63, 3.8) is 0 Å². The lowest BCUT2D eigenvalue weighted by Gasteiger charge is -2.22. The molecule has 1 aliphatic rings. The van der Waals surface area contributed by atoms with E-state index < -0.39 is 23.7 Å². The van der Waals surface area contributed by atoms with E-state index in [4.69, 9.17) is 10.5 Å². The molecule has 2 atom stereocenters. The Kier molecular flexibility index (Phi) is 6.59. The summed E-state index contributed by atoms with van der Waals surface area (Å²) < 4.78 is 5.26. The summed E-state index contributed by atoms with van der Waals surface area (Å²) in [6.07, 6.45) is 1.96. The van der Waals surface area contributed by atoms with Gasteiger partial charge in [0.2, 0.25) is 11.8 Å². The van der Waals surface area contributed by atoms with E-state index in [1.54, 1.807) is 27.7 Å². The second-order valence-corrected chi connectivity index (χ2v) is 7.91. The molecule has 0 unspecified atom stereocenters. The largest absolute Gasteiger partial charge is 0.458 e. The Labute approximate surface area is 160 Å². The smallest absolute Gasteiger partial charge is 0.328 e. The van der Waals surface area contributed by atoms with Gasteiger partial charge in [-0.2, -0.15) is 0 Å². The SMILES string of the molecule is C[C@H](NC(=O)CCc1cccc2c1NC(=O)[C@@H](N)CC2)C(=O)OC(C)(C)C. The van der Waals surface area contributed by atoms with E-state index in [1.165, 1.54) is 0 Å². The highest BCUT2D eigenvalue weighted by molar-refractivity contribution is 5.97. The van der Waals surface area contributed by atoms with Crippen LogP contribution in [0.2, 0.25) is 0 Å². The molecule has 27 heavy (non-hydrogen) atoms. The number of hydrogen-bond donors (Lipinski definition) is 3. The fourth-order valence-electron chi connectivity index (χ4n) is 2.90. The molecule has 0 saturated carbocycles. The number of aryl methyl sites for hydroxylation is 2. The maximum atomic E-state index is 12.2. The molecular formula is C20H29N3O4. The molecule has 2 rings (SSSR count). The van der Waals surface area contributed by atoms with Crippen molar-refractivity contribution in [1.29, 1.82) is 0 Å². The van der Waals surface area contributed by atoms with Gasteiger partial charge in [-0.15, -0.1) is 0 Å². The third-order valence-corrected chi connectivity index (χ3v) is 4.31. The lowest BCUT2D eigenvalue weighted by atomic mass is 10.00. The summed E-state index contributed by atoms with van der Waals surface area (Å²) in [4.78, 5) is 36.2. The lowest BCUT2D eigenvalue weighted by molar-refractivity contribution is -0.158. The predicted octanol–water partition coefficient (Wildman–Crippen LogP) is 1.68. The van der Waals surface area contributed by atoms with Crippen molar-refractivity contribution < 1.29 is 19.1 Å². The number of fused-ring (bicyclic) bond motifs is 1. The number of benzene rings is 1. The van der Waals surface area contributed by atoms with E-state index >= 15 is 0 Å². The molecule has 0 spiro atoms. The van der Waals surface area contributed by atoms with Gasteiger partial charge in [0, 0.05) is 12.1 Å². The Hall–Kier alpha value is -2.41. The van der Waals surface area contributed by atoms with Crippen LogP contribution in [-0.4, -0.2) is 35.5 Å². The molecule has 4 N–H and O–H groups in total. The van der Waals surface area contributed by atoms with Crippen LogP contribution >= 0.6 is 0 Å². The van der Waals surface area contributed by atoms with Gasteiger partial charge >= 0.3 is 5.97 Å². The quantitative estimate of drug-likeness (QED) is 0.678. The highest BCUT2D eigenvalue weighted by Crippen LogP contribution is 2.26. The van der Waals surface area contributed by atoms with Crippen molar-refractivity contribution in [3.05, 3.63) is 29.3 Å². The Balaban J connectivity index is 1.96. The predicted molar refractivity (Wildman–Crippen MR) is 103 cm³/mol. The summed E-state index contributed by atoms with van der Waals surface area (Å²) in [5, 5.41) is 5.54. The molecule has 1 heterocycles. The zero-order chi connectivity index (χ0) is 20.2. The summed E-state index contributed by atoms with van der Waals surface area (Å²) >= 11 is 0. The summed E-state index contributed by atoms with van der Waals surface area (Å²) in [5.41, 5.74) is 7.90. The fraction of sp³-hybridized carbons (Fsp3) is 0.550. The molecule has 7 nitrogen and oxygen atoms in total. The molecule has 1 aliphatic heterocycles. The number of ether oxygens (including phenoxy) is 1. The number of para-hydroxylation sites is 1. The van der Waals surface area contributed by atoms with E-state index in [0.29, 0.717) is 19.3 Å². The molecule has 2 amide bonds. The number of rotatable bonds is 5. The molecule has 0 aliphatic carbocycles. The molecule has 1 aromatic carbocycles. The van der Waals surface area contributed by atoms with Crippen molar-refractivity contribution in [2.75, 3.05) is 5.32 Å². The van der Waals surface area contributed by atoms with E-state index in [9.17, 15) is 14.4 Å². The van der Waals surface area contributed by atoms with Gasteiger partial charge in [0.15, 0.2) is 0 Å². The molecule has 0 saturated heterocycles. The van der Waals surface area contributed by atoms with Crippen LogP contribution in [0.5, 0.6) is 0 Å². The highest BCUT2D eigenvalue weighted by atomic mass is 16.6. The molecule has 148 valence electrons. The maximum Gasteiger partial charge on any atom is 0.328 e. The van der Waals surface area contributed by atoms with Crippen LogP contribution in [0.15, 0.2) is 18.2 Å². The standard InChI is InChI=1S/C20H29N3O4/c1-12(19(26)27-20(2,3)4)22-16(24)11-9-14-7-5-6-13-8-10-15(21)18(25)23-17(13)14/h5-7,12,15H,8-11,21H2,1-4H3,(H,22,24)(H,23,25)/t12-,15-/m0/s1. The van der Waals surface area contributed by atoms with Crippen molar-refractivity contribution in [3.8, 4) is 0 Å². The van der Waals surface area contributed by atoms with Gasteiger partial charge in [0.25, 0.3) is 0 Å². The van der Waals surface area contributed by atoms with Gasteiger partial charge < -0.3 is 21.1 Å². The first-order valence-electron chi connectivity index (χ1n) is 9.26. The minimum atomic E-state index is -0.720. The molecule has 1 aromatic rings. The number of carbonyl (C=O) groups is 3. The Morgan fingerprint density at radius 2 is 2.07 bits per heavy atom. The van der Waals surface area contributed by atoms with Crippen LogP contribution < -0.4 is 16.4 Å². The van der Waals surface area contributed by atoms with E-state index in [-0.39, 0.29) is 18.2 Å². The van der Waals surface area contributed by atoms with Crippen LogP contribution in [0.4, 0.5) is 5.69 Å². The monoisotopic (exact) mass is 375 g/mol. The zero-order valence-corrected chi connectivity index (χ0v) is 16.4. The van der Waals surface area contributed by atoms with Crippen LogP contribution in [0.25, 0.3) is 0 Å². The summed E-state index contributed by atoms with van der Waals surface area (Å²) in [5.74, 6) is -0.919. The average molecular weight is 375 g/mol. The molecule has 0 bridgehead atoms. The number of amides is 2. The number of esters is 1. The van der Waals surface area contributed by atoms with E-state index in [0.717, 1.165) is 16.8 Å². The van der Waals surface area contributed by atoms with Gasteiger partial charge in [0.05, 0.1) is 6.04 Å². The van der Waals surface area contributed by atoms with E-state index in [1.807, 2.05) is 18.2 Å². The second kappa shape index (κ2) is 8.52. The number of nitrogens with two attached hydrogens (primary N) is 1. The van der Waals surface area contributed by atoms with Gasteiger partial charge in [0.1, 0.15) is 11.6 Å². The van der Waals surface area contributed by atoms with Crippen molar-refractivity contribution >= 4 is 23.5 Å². The first kappa shape index (κ1) is 20.9. The number of hydrogen-bond acceptors (Lipinski definition) is 5. The lowest BCUT2D eigenvalue weighted by Crippen LogP contribution is -2.42. The number of carbonyl (C=O) groups excluding carboxylic acids is 3. The number of anilines is 1. The third kappa shape index (κ3) is 6.06.